The third kappa shape index (κ3) is 5.92. The van der Waals surface area contributed by atoms with Gasteiger partial charge in [-0.2, -0.15) is 0 Å². The highest BCUT2D eigenvalue weighted by Crippen LogP contribution is 2.40. The lowest BCUT2D eigenvalue weighted by atomic mass is 10.1. The Morgan fingerprint density at radius 1 is 1.05 bits per heavy atom. The molecular weight excluding hydrogens is 512 g/mol. The van der Waals surface area contributed by atoms with Crippen molar-refractivity contribution in [3.63, 3.8) is 0 Å². The first-order chi connectivity index (χ1) is 18.0. The van der Waals surface area contributed by atoms with Gasteiger partial charge in [-0.25, -0.2) is 0 Å². The largest absolute Gasteiger partial charge is 0.490 e. The first-order valence-corrected chi connectivity index (χ1v) is 13.3. The summed E-state index contributed by atoms with van der Waals surface area (Å²) in [6, 6.07) is 17.4. The van der Waals surface area contributed by atoms with Crippen LogP contribution in [0.5, 0.6) is 23.0 Å². The van der Waals surface area contributed by atoms with Crippen LogP contribution in [0.3, 0.4) is 0 Å². The molecule has 7 nitrogen and oxygen atoms in total. The molecule has 1 saturated heterocycles. The van der Waals surface area contributed by atoms with Crippen molar-refractivity contribution in [2.45, 2.75) is 32.4 Å². The fraction of sp³-hybridized carbons (Fsp3) is 0.250. The number of rotatable bonds is 9. The van der Waals surface area contributed by atoms with Gasteiger partial charge < -0.3 is 29.6 Å². The lowest BCUT2D eigenvalue weighted by molar-refractivity contribution is -0.116. The van der Waals surface area contributed by atoms with Gasteiger partial charge in [0.05, 0.1) is 16.5 Å². The predicted molar refractivity (Wildman–Crippen MR) is 146 cm³/mol. The lowest BCUT2D eigenvalue weighted by Crippen LogP contribution is -2.30. The Hall–Kier alpha value is -3.49. The highest BCUT2D eigenvalue weighted by Gasteiger charge is 2.27. The monoisotopic (exact) mass is 538 g/mol. The van der Waals surface area contributed by atoms with Crippen LogP contribution in [0, 0.1) is 0 Å². The number of benzene rings is 3. The van der Waals surface area contributed by atoms with E-state index in [9.17, 15) is 4.79 Å². The molecule has 0 radical (unpaired) electrons. The Bertz CT molecular complexity index is 1330. The third-order valence-corrected chi connectivity index (χ3v) is 7.15. The Kier molecular flexibility index (Phi) is 7.67. The number of hydrogen-bond acceptors (Lipinski definition) is 7. The Morgan fingerprint density at radius 3 is 2.62 bits per heavy atom. The molecule has 2 aliphatic heterocycles. The van der Waals surface area contributed by atoms with Gasteiger partial charge in [0.15, 0.2) is 28.5 Å². The van der Waals surface area contributed by atoms with Gasteiger partial charge in [0.2, 0.25) is 6.79 Å². The van der Waals surface area contributed by atoms with E-state index in [0.717, 1.165) is 29.0 Å². The summed E-state index contributed by atoms with van der Waals surface area (Å²) in [5.41, 5.74) is 3.60. The summed E-state index contributed by atoms with van der Waals surface area (Å²) in [6.07, 6.45) is 2.79. The molecule has 3 aromatic rings. The van der Waals surface area contributed by atoms with Crippen LogP contribution in [0.4, 0.5) is 5.69 Å². The molecule has 0 aliphatic carbocycles. The second kappa shape index (κ2) is 11.3. The number of carbonyl (C=O) groups excluding carboxylic acids is 1. The van der Waals surface area contributed by atoms with Gasteiger partial charge in [0.25, 0.3) is 5.91 Å². The minimum atomic E-state index is -0.266. The van der Waals surface area contributed by atoms with E-state index in [2.05, 4.69) is 29.7 Å². The van der Waals surface area contributed by atoms with Gasteiger partial charge in [0.1, 0.15) is 6.61 Å². The Balaban J connectivity index is 1.30. The second-order valence-corrected chi connectivity index (χ2v) is 9.97. The molecule has 1 atom stereocenters. The van der Waals surface area contributed by atoms with Crippen molar-refractivity contribution in [2.24, 2.45) is 0 Å². The molecule has 0 bridgehead atoms. The zero-order chi connectivity index (χ0) is 25.8. The quantitative estimate of drug-likeness (QED) is 0.314. The number of carbonyl (C=O) groups is 1. The molecular formula is C28H27ClN2O5S. The van der Waals surface area contributed by atoms with E-state index in [1.807, 2.05) is 43.3 Å². The van der Waals surface area contributed by atoms with E-state index in [-0.39, 0.29) is 24.8 Å². The number of nitrogens with one attached hydrogen (secondary N) is 2. The second-order valence-electron chi connectivity index (χ2n) is 8.41. The average Bonchev–Trinajstić information content (AvgIpc) is 3.49. The van der Waals surface area contributed by atoms with Crippen LogP contribution < -0.4 is 29.6 Å². The summed E-state index contributed by atoms with van der Waals surface area (Å²) in [5.74, 6) is 2.22. The highest BCUT2D eigenvalue weighted by atomic mass is 35.5. The normalized spacial score (nSPS) is 17.1. The smallest absolute Gasteiger partial charge is 0.260 e. The summed E-state index contributed by atoms with van der Waals surface area (Å²) < 4.78 is 22.7. The van der Waals surface area contributed by atoms with E-state index in [1.165, 1.54) is 17.3 Å². The highest BCUT2D eigenvalue weighted by molar-refractivity contribution is 8.05. The van der Waals surface area contributed by atoms with Crippen LogP contribution in [-0.4, -0.2) is 24.8 Å². The van der Waals surface area contributed by atoms with Crippen molar-refractivity contribution in [1.82, 2.24) is 5.32 Å². The van der Waals surface area contributed by atoms with Crippen molar-refractivity contribution < 1.29 is 23.7 Å². The first-order valence-electron chi connectivity index (χ1n) is 12.0. The van der Waals surface area contributed by atoms with E-state index in [4.69, 9.17) is 30.5 Å². The molecule has 3 aromatic carbocycles. The molecule has 192 valence electrons. The molecule has 2 aliphatic rings. The van der Waals surface area contributed by atoms with Crippen molar-refractivity contribution in [3.05, 3.63) is 81.2 Å². The van der Waals surface area contributed by atoms with Gasteiger partial charge in [-0.05, 0) is 72.5 Å². The molecule has 0 aromatic heterocycles. The number of hydrogen-bond donors (Lipinski definition) is 2. The fourth-order valence-corrected chi connectivity index (χ4v) is 5.22. The van der Waals surface area contributed by atoms with Crippen LogP contribution in [-0.2, 0) is 17.8 Å². The average molecular weight is 539 g/mol. The summed E-state index contributed by atoms with van der Waals surface area (Å²) in [4.78, 5) is 13.2. The molecule has 0 unspecified atom stereocenters. The number of ether oxygens (including phenoxy) is 4. The number of fused-ring (bicyclic) bond motifs is 1. The maximum atomic E-state index is 12.6. The van der Waals surface area contributed by atoms with Crippen LogP contribution in [0.15, 0.2) is 59.5 Å². The van der Waals surface area contributed by atoms with E-state index >= 15 is 0 Å². The third-order valence-electron chi connectivity index (χ3n) is 5.84. The van der Waals surface area contributed by atoms with Crippen LogP contribution in [0.2, 0.25) is 5.02 Å². The number of halogens is 1. The van der Waals surface area contributed by atoms with E-state index in [0.29, 0.717) is 33.8 Å². The van der Waals surface area contributed by atoms with Crippen LogP contribution in [0.1, 0.15) is 30.5 Å². The van der Waals surface area contributed by atoms with Gasteiger partial charge in [-0.3, -0.25) is 4.79 Å². The van der Waals surface area contributed by atoms with Crippen LogP contribution in [0.25, 0.3) is 6.08 Å². The maximum Gasteiger partial charge on any atom is 0.260 e. The zero-order valence-electron chi connectivity index (χ0n) is 20.5. The minimum Gasteiger partial charge on any atom is -0.490 e. The van der Waals surface area contributed by atoms with Crippen molar-refractivity contribution in [2.75, 3.05) is 18.7 Å². The van der Waals surface area contributed by atoms with E-state index < -0.39 is 0 Å². The van der Waals surface area contributed by atoms with Crippen molar-refractivity contribution >= 4 is 41.0 Å². The number of thioether (sulfide) groups is 1. The number of aryl methyl sites for hydroxylation is 1. The topological polar surface area (TPSA) is 78.1 Å². The van der Waals surface area contributed by atoms with Gasteiger partial charge in [-0.1, -0.05) is 48.5 Å². The molecule has 1 amide bonds. The predicted octanol–water partition coefficient (Wildman–Crippen LogP) is 6.21. The van der Waals surface area contributed by atoms with E-state index in [1.54, 1.807) is 12.1 Å². The molecule has 2 heterocycles. The van der Waals surface area contributed by atoms with Gasteiger partial charge >= 0.3 is 0 Å². The number of anilines is 1. The summed E-state index contributed by atoms with van der Waals surface area (Å²) in [7, 11) is 0. The number of amides is 1. The lowest BCUT2D eigenvalue weighted by Gasteiger charge is -2.15. The Labute approximate surface area is 225 Å². The molecule has 1 fully saturated rings. The van der Waals surface area contributed by atoms with Crippen molar-refractivity contribution in [3.8, 4) is 23.0 Å². The van der Waals surface area contributed by atoms with Gasteiger partial charge in [-0.15, -0.1) is 0 Å². The molecule has 0 saturated carbocycles. The summed E-state index contributed by atoms with van der Waals surface area (Å²) in [6.45, 7) is 4.95. The Morgan fingerprint density at radius 2 is 1.84 bits per heavy atom. The standard InChI is InChI=1S/C28H27ClN2O5S/c1-3-17-5-8-20(9-6-17)30-28-31-27(32)25(37-28)14-19-11-21(29)26(24(13-19)33-4-2)34-15-18-7-10-22-23(12-18)36-16-35-22/h5-14,28,30H,3-4,15-16H2,1-2H3,(H,31,32)/b25-14-/t28-/m1/s1. The molecule has 9 heteroatoms. The minimum absolute atomic E-state index is 0.148. The first kappa shape index (κ1) is 25.2. The summed E-state index contributed by atoms with van der Waals surface area (Å²) >= 11 is 8.03. The summed E-state index contributed by atoms with van der Waals surface area (Å²) in [5, 5.41) is 6.70. The zero-order valence-corrected chi connectivity index (χ0v) is 22.1. The van der Waals surface area contributed by atoms with Crippen molar-refractivity contribution in [1.29, 1.82) is 0 Å². The molecule has 0 spiro atoms. The molecule has 37 heavy (non-hydrogen) atoms. The SMILES string of the molecule is CCOc1cc(/C=C2\S[C@H](Nc3ccc(CC)cc3)NC2=O)cc(Cl)c1OCc1ccc2c(c1)OCO2. The molecule has 2 N–H and O–H groups in total. The fourth-order valence-electron chi connectivity index (χ4n) is 3.97. The molecule has 5 rings (SSSR count). The van der Waals surface area contributed by atoms with Gasteiger partial charge in [0, 0.05) is 5.69 Å². The maximum absolute atomic E-state index is 12.6. The van der Waals surface area contributed by atoms with Crippen LogP contribution >= 0.6 is 23.4 Å².